The van der Waals surface area contributed by atoms with E-state index in [0.29, 0.717) is 18.2 Å². The Morgan fingerprint density at radius 2 is 1.75 bits per heavy atom. The minimum atomic E-state index is -0.906. The quantitative estimate of drug-likeness (QED) is 0.562. The van der Waals surface area contributed by atoms with Gasteiger partial charge < -0.3 is 19.3 Å². The summed E-state index contributed by atoms with van der Waals surface area (Å²) >= 11 is 0. The number of carbonyl (C=O) groups is 1. The summed E-state index contributed by atoms with van der Waals surface area (Å²) in [6, 6.07) is 16.1. The van der Waals surface area contributed by atoms with Crippen molar-refractivity contribution in [3.05, 3.63) is 59.7 Å². The van der Waals surface area contributed by atoms with Gasteiger partial charge in [0.2, 0.25) is 5.95 Å². The first kappa shape index (κ1) is 21.0. The van der Waals surface area contributed by atoms with Crippen LogP contribution in [0.15, 0.2) is 48.5 Å². The number of benzene rings is 2. The van der Waals surface area contributed by atoms with Crippen LogP contribution in [-0.2, 0) is 11.3 Å². The predicted octanol–water partition coefficient (Wildman–Crippen LogP) is 5.43. The first-order valence-corrected chi connectivity index (χ1v) is 11.8. The van der Waals surface area contributed by atoms with Crippen molar-refractivity contribution < 1.29 is 14.6 Å². The zero-order chi connectivity index (χ0) is 21.9. The maximum atomic E-state index is 11.5. The zero-order valence-electron chi connectivity index (χ0n) is 18.4. The monoisotopic (exact) mass is 433 g/mol. The zero-order valence-corrected chi connectivity index (χ0v) is 18.4. The van der Waals surface area contributed by atoms with Gasteiger partial charge in [0.05, 0.1) is 29.3 Å². The molecule has 3 aromatic rings. The summed E-state index contributed by atoms with van der Waals surface area (Å²) in [5.41, 5.74) is 3.35. The summed E-state index contributed by atoms with van der Waals surface area (Å²) in [4.78, 5) is 18.8. The third kappa shape index (κ3) is 4.37. The lowest BCUT2D eigenvalue weighted by Gasteiger charge is -2.35. The predicted molar refractivity (Wildman–Crippen MR) is 125 cm³/mol. The average molecular weight is 434 g/mol. The number of carboxylic acid groups (broad SMARTS) is 1. The highest BCUT2D eigenvalue weighted by molar-refractivity contribution is 5.93. The van der Waals surface area contributed by atoms with E-state index in [4.69, 9.17) is 9.72 Å². The molecule has 32 heavy (non-hydrogen) atoms. The van der Waals surface area contributed by atoms with E-state index in [9.17, 15) is 9.90 Å². The van der Waals surface area contributed by atoms with Gasteiger partial charge in [-0.1, -0.05) is 49.6 Å². The lowest BCUT2D eigenvalue weighted by molar-refractivity contribution is 0.0248. The van der Waals surface area contributed by atoms with Gasteiger partial charge in [-0.15, -0.1) is 0 Å². The van der Waals surface area contributed by atoms with E-state index < -0.39 is 5.97 Å². The van der Waals surface area contributed by atoms with E-state index in [2.05, 4.69) is 21.6 Å². The Bertz CT molecular complexity index is 1060. The van der Waals surface area contributed by atoms with Gasteiger partial charge >= 0.3 is 5.97 Å². The van der Waals surface area contributed by atoms with E-state index in [-0.39, 0.29) is 6.10 Å². The molecule has 168 valence electrons. The summed E-state index contributed by atoms with van der Waals surface area (Å²) in [6.07, 6.45) is 8.32. The number of nitrogens with zero attached hydrogens (tertiary/aromatic N) is 3. The van der Waals surface area contributed by atoms with Crippen LogP contribution in [0.3, 0.4) is 0 Å². The molecule has 2 aliphatic rings. The van der Waals surface area contributed by atoms with Crippen molar-refractivity contribution >= 4 is 23.0 Å². The molecule has 1 aromatic heterocycles. The van der Waals surface area contributed by atoms with Gasteiger partial charge in [0.1, 0.15) is 0 Å². The standard InChI is InChI=1S/C26H31N3O3/c30-25(31)20-11-12-24-23(17-20)27-26(29(24)21-9-5-2-6-10-21)28-15-13-22(14-16-28)32-18-19-7-3-1-4-8-19/h1,3-4,7-8,11-12,17,21-22H,2,5-6,9-10,13-16,18H2,(H,30,31). The number of ether oxygens (including phenoxy) is 1. The number of piperidine rings is 1. The average Bonchev–Trinajstić information content (AvgIpc) is 3.23. The molecule has 0 unspecified atom stereocenters. The van der Waals surface area contributed by atoms with Crippen LogP contribution >= 0.6 is 0 Å². The fourth-order valence-electron chi connectivity index (χ4n) is 5.15. The lowest BCUT2D eigenvalue weighted by Crippen LogP contribution is -2.39. The van der Waals surface area contributed by atoms with Crippen LogP contribution in [0.1, 0.15) is 66.9 Å². The van der Waals surface area contributed by atoms with Crippen molar-refractivity contribution in [1.82, 2.24) is 9.55 Å². The number of fused-ring (bicyclic) bond motifs is 1. The number of rotatable bonds is 6. The van der Waals surface area contributed by atoms with E-state index in [1.165, 1.54) is 24.8 Å². The molecular weight excluding hydrogens is 402 g/mol. The van der Waals surface area contributed by atoms with E-state index in [1.807, 2.05) is 24.3 Å². The normalized spacial score (nSPS) is 18.3. The van der Waals surface area contributed by atoms with Crippen LogP contribution in [-0.4, -0.2) is 39.8 Å². The van der Waals surface area contributed by atoms with Gasteiger partial charge in [-0.05, 0) is 49.4 Å². The summed E-state index contributed by atoms with van der Waals surface area (Å²) in [5.74, 6) is 0.0907. The fourth-order valence-corrected chi connectivity index (χ4v) is 5.15. The lowest BCUT2D eigenvalue weighted by atomic mass is 9.95. The van der Waals surface area contributed by atoms with Crippen LogP contribution in [0.5, 0.6) is 0 Å². The van der Waals surface area contributed by atoms with Crippen LogP contribution in [0.25, 0.3) is 11.0 Å². The number of aromatic nitrogens is 2. The Balaban J connectivity index is 1.35. The third-order valence-electron chi connectivity index (χ3n) is 6.91. The summed E-state index contributed by atoms with van der Waals surface area (Å²) in [5, 5.41) is 9.42. The molecule has 0 radical (unpaired) electrons. The second kappa shape index (κ2) is 9.33. The van der Waals surface area contributed by atoms with Gasteiger partial charge in [0.25, 0.3) is 0 Å². The van der Waals surface area contributed by atoms with Gasteiger partial charge in [0.15, 0.2) is 0 Å². The van der Waals surface area contributed by atoms with Crippen LogP contribution in [0.4, 0.5) is 5.95 Å². The van der Waals surface area contributed by atoms with E-state index in [0.717, 1.165) is 55.8 Å². The molecule has 2 heterocycles. The van der Waals surface area contributed by atoms with E-state index in [1.54, 1.807) is 12.1 Å². The molecule has 0 bridgehead atoms. The molecule has 1 saturated carbocycles. The molecule has 0 atom stereocenters. The van der Waals surface area contributed by atoms with Crippen molar-refractivity contribution in [1.29, 1.82) is 0 Å². The van der Waals surface area contributed by atoms with Gasteiger partial charge in [-0.2, -0.15) is 0 Å². The summed E-state index contributed by atoms with van der Waals surface area (Å²) in [7, 11) is 0. The van der Waals surface area contributed by atoms with Crippen molar-refractivity contribution in [3.63, 3.8) is 0 Å². The van der Waals surface area contributed by atoms with Gasteiger partial charge in [-0.25, -0.2) is 9.78 Å². The number of anilines is 1. The van der Waals surface area contributed by atoms with Crippen molar-refractivity contribution in [2.45, 2.75) is 63.7 Å². The molecule has 6 nitrogen and oxygen atoms in total. The Kier molecular flexibility index (Phi) is 6.12. The Morgan fingerprint density at radius 3 is 2.47 bits per heavy atom. The Hall–Kier alpha value is -2.86. The minimum Gasteiger partial charge on any atom is -0.478 e. The maximum absolute atomic E-state index is 11.5. The SMILES string of the molecule is O=C(O)c1ccc2c(c1)nc(N1CCC(OCc3ccccc3)CC1)n2C1CCCCC1. The van der Waals surface area contributed by atoms with Crippen LogP contribution in [0.2, 0.25) is 0 Å². The highest BCUT2D eigenvalue weighted by Gasteiger charge is 2.28. The Labute approximate surface area is 188 Å². The number of hydrogen-bond acceptors (Lipinski definition) is 4. The molecule has 1 saturated heterocycles. The molecule has 0 spiro atoms. The topological polar surface area (TPSA) is 67.6 Å². The highest BCUT2D eigenvalue weighted by atomic mass is 16.5. The number of hydrogen-bond donors (Lipinski definition) is 1. The summed E-state index contributed by atoms with van der Waals surface area (Å²) < 4.78 is 8.58. The number of carboxylic acids is 1. The number of aromatic carboxylic acids is 1. The van der Waals surface area contributed by atoms with Crippen molar-refractivity contribution in [2.75, 3.05) is 18.0 Å². The minimum absolute atomic E-state index is 0.262. The molecule has 1 N–H and O–H groups in total. The van der Waals surface area contributed by atoms with Crippen molar-refractivity contribution in [3.8, 4) is 0 Å². The molecule has 2 fully saturated rings. The smallest absolute Gasteiger partial charge is 0.335 e. The number of imidazole rings is 1. The molecule has 1 aliphatic carbocycles. The molecule has 2 aromatic carbocycles. The molecule has 5 rings (SSSR count). The molecular formula is C26H31N3O3. The second-order valence-corrected chi connectivity index (χ2v) is 9.07. The van der Waals surface area contributed by atoms with Gasteiger partial charge in [-0.3, -0.25) is 0 Å². The third-order valence-corrected chi connectivity index (χ3v) is 6.91. The molecule has 0 amide bonds. The Morgan fingerprint density at radius 1 is 1.00 bits per heavy atom. The first-order valence-electron chi connectivity index (χ1n) is 11.8. The highest BCUT2D eigenvalue weighted by Crippen LogP contribution is 2.36. The maximum Gasteiger partial charge on any atom is 0.335 e. The van der Waals surface area contributed by atoms with Gasteiger partial charge in [0, 0.05) is 19.1 Å². The largest absolute Gasteiger partial charge is 0.478 e. The summed E-state index contributed by atoms with van der Waals surface area (Å²) in [6.45, 7) is 2.46. The first-order chi connectivity index (χ1) is 15.7. The van der Waals surface area contributed by atoms with E-state index >= 15 is 0 Å². The molecule has 6 heteroatoms. The molecule has 1 aliphatic heterocycles. The van der Waals surface area contributed by atoms with Crippen molar-refractivity contribution in [2.24, 2.45) is 0 Å². The second-order valence-electron chi connectivity index (χ2n) is 9.07. The van der Waals surface area contributed by atoms with Crippen LogP contribution < -0.4 is 4.90 Å². The fraction of sp³-hybridized carbons (Fsp3) is 0.462. The van der Waals surface area contributed by atoms with Crippen LogP contribution in [0, 0.1) is 0 Å².